The molecular formula is C14H22N2O2. The average Bonchev–Trinajstić information content (AvgIpc) is 2.56. The Labute approximate surface area is 109 Å². The maximum atomic E-state index is 5.38. The zero-order chi connectivity index (χ0) is 13.1. The highest BCUT2D eigenvalue weighted by atomic mass is 16.5. The molecule has 1 N–H and O–H groups in total. The van der Waals surface area contributed by atoms with Crippen LogP contribution >= 0.6 is 0 Å². The second kappa shape index (κ2) is 5.38. The fourth-order valence-electron chi connectivity index (χ4n) is 2.39. The number of rotatable bonds is 3. The van der Waals surface area contributed by atoms with Gasteiger partial charge in [0.1, 0.15) is 0 Å². The van der Waals surface area contributed by atoms with Crippen molar-refractivity contribution >= 4 is 11.4 Å². The number of nitrogens with zero attached hydrogens (tertiary/aromatic N) is 1. The van der Waals surface area contributed by atoms with Crippen molar-refractivity contribution < 1.29 is 9.47 Å². The van der Waals surface area contributed by atoms with Crippen molar-refractivity contribution in [3.05, 3.63) is 12.1 Å². The summed E-state index contributed by atoms with van der Waals surface area (Å²) in [5, 5.41) is 3.49. The van der Waals surface area contributed by atoms with Crippen molar-refractivity contribution in [3.63, 3.8) is 0 Å². The monoisotopic (exact) mass is 250 g/mol. The van der Waals surface area contributed by atoms with Crippen LogP contribution in [-0.2, 0) is 0 Å². The lowest BCUT2D eigenvalue weighted by Gasteiger charge is -2.25. The van der Waals surface area contributed by atoms with Crippen LogP contribution in [0.25, 0.3) is 0 Å². The van der Waals surface area contributed by atoms with Gasteiger partial charge in [0.25, 0.3) is 0 Å². The van der Waals surface area contributed by atoms with Gasteiger partial charge in [-0.05, 0) is 12.8 Å². The van der Waals surface area contributed by atoms with E-state index >= 15 is 0 Å². The molecular weight excluding hydrogens is 228 g/mol. The normalized spacial score (nSPS) is 18.7. The van der Waals surface area contributed by atoms with Gasteiger partial charge in [-0.25, -0.2) is 0 Å². The number of anilines is 2. The smallest absolute Gasteiger partial charge is 0.162 e. The van der Waals surface area contributed by atoms with E-state index in [1.807, 2.05) is 6.07 Å². The van der Waals surface area contributed by atoms with Crippen LogP contribution in [0, 0.1) is 5.92 Å². The van der Waals surface area contributed by atoms with Gasteiger partial charge in [0.2, 0.25) is 0 Å². The summed E-state index contributed by atoms with van der Waals surface area (Å²) < 4.78 is 10.7. The van der Waals surface area contributed by atoms with Gasteiger partial charge in [0.15, 0.2) is 11.5 Å². The molecule has 100 valence electrons. The van der Waals surface area contributed by atoms with Gasteiger partial charge in [-0.3, -0.25) is 0 Å². The maximum Gasteiger partial charge on any atom is 0.162 e. The second-order valence-corrected chi connectivity index (χ2v) is 4.75. The average molecular weight is 250 g/mol. The Balaban J connectivity index is 2.46. The molecule has 0 amide bonds. The third-order valence-corrected chi connectivity index (χ3v) is 3.40. The Morgan fingerprint density at radius 3 is 2.56 bits per heavy atom. The van der Waals surface area contributed by atoms with E-state index in [9.17, 15) is 0 Å². The zero-order valence-electron chi connectivity index (χ0n) is 11.6. The topological polar surface area (TPSA) is 33.7 Å². The van der Waals surface area contributed by atoms with E-state index in [0.717, 1.165) is 36.8 Å². The van der Waals surface area contributed by atoms with E-state index in [1.165, 1.54) is 5.69 Å². The highest BCUT2D eigenvalue weighted by Crippen LogP contribution is 2.39. The minimum Gasteiger partial charge on any atom is -0.493 e. The molecule has 1 aliphatic heterocycles. The molecule has 4 heteroatoms. The van der Waals surface area contributed by atoms with Gasteiger partial charge in [-0.1, -0.05) is 6.92 Å². The van der Waals surface area contributed by atoms with Crippen molar-refractivity contribution in [2.24, 2.45) is 5.92 Å². The molecule has 0 fully saturated rings. The fourth-order valence-corrected chi connectivity index (χ4v) is 2.39. The van der Waals surface area contributed by atoms with E-state index in [2.05, 4.69) is 30.1 Å². The van der Waals surface area contributed by atoms with Crippen LogP contribution in [0.4, 0.5) is 11.4 Å². The number of ether oxygens (including phenoxy) is 2. The van der Waals surface area contributed by atoms with Crippen molar-refractivity contribution in [1.82, 2.24) is 0 Å². The van der Waals surface area contributed by atoms with Crippen molar-refractivity contribution in [3.8, 4) is 11.5 Å². The Bertz CT molecular complexity index is 421. The van der Waals surface area contributed by atoms with Gasteiger partial charge >= 0.3 is 0 Å². The predicted molar refractivity (Wildman–Crippen MR) is 75.1 cm³/mol. The summed E-state index contributed by atoms with van der Waals surface area (Å²) in [5.74, 6) is 2.18. The molecule has 0 aliphatic carbocycles. The molecule has 1 aromatic carbocycles. The Morgan fingerprint density at radius 1 is 1.28 bits per heavy atom. The lowest BCUT2D eigenvalue weighted by molar-refractivity contribution is 0.355. The summed E-state index contributed by atoms with van der Waals surface area (Å²) in [6.45, 7) is 7.48. The minimum absolute atomic E-state index is 0.620. The summed E-state index contributed by atoms with van der Waals surface area (Å²) in [5.41, 5.74) is 2.32. The van der Waals surface area contributed by atoms with Gasteiger partial charge in [0, 0.05) is 31.8 Å². The van der Waals surface area contributed by atoms with E-state index in [4.69, 9.17) is 9.47 Å². The Morgan fingerprint density at radius 2 is 1.94 bits per heavy atom. The lowest BCUT2D eigenvalue weighted by Crippen LogP contribution is -2.28. The molecule has 0 aromatic heterocycles. The first-order valence-corrected chi connectivity index (χ1v) is 6.44. The van der Waals surface area contributed by atoms with Crippen LogP contribution in [0.1, 0.15) is 13.8 Å². The largest absolute Gasteiger partial charge is 0.493 e. The van der Waals surface area contributed by atoms with Gasteiger partial charge in [-0.15, -0.1) is 0 Å². The Kier molecular flexibility index (Phi) is 3.84. The molecule has 1 aliphatic rings. The number of hydrogen-bond acceptors (Lipinski definition) is 4. The fraction of sp³-hybridized carbons (Fsp3) is 0.571. The molecule has 0 spiro atoms. The summed E-state index contributed by atoms with van der Waals surface area (Å²) in [6.07, 6.45) is 0. The molecule has 4 nitrogen and oxygen atoms in total. The van der Waals surface area contributed by atoms with Crippen molar-refractivity contribution in [2.45, 2.75) is 13.8 Å². The van der Waals surface area contributed by atoms with Gasteiger partial charge in [-0.2, -0.15) is 0 Å². The summed E-state index contributed by atoms with van der Waals surface area (Å²) in [4.78, 5) is 2.38. The molecule has 0 bridgehead atoms. The number of methoxy groups -OCH3 is 2. The summed E-state index contributed by atoms with van der Waals surface area (Å²) >= 11 is 0. The third kappa shape index (κ3) is 2.33. The zero-order valence-corrected chi connectivity index (χ0v) is 11.6. The molecule has 0 saturated heterocycles. The summed E-state index contributed by atoms with van der Waals surface area (Å²) in [7, 11) is 3.34. The molecule has 18 heavy (non-hydrogen) atoms. The van der Waals surface area contributed by atoms with Crippen molar-refractivity contribution in [1.29, 1.82) is 0 Å². The van der Waals surface area contributed by atoms with Crippen molar-refractivity contribution in [2.75, 3.05) is 44.1 Å². The number of nitrogens with one attached hydrogen (secondary N) is 1. The second-order valence-electron chi connectivity index (χ2n) is 4.75. The van der Waals surface area contributed by atoms with Crippen LogP contribution < -0.4 is 19.7 Å². The van der Waals surface area contributed by atoms with E-state index < -0.39 is 0 Å². The standard InChI is InChI=1S/C14H22N2O2/c1-5-16-9-10(2)8-15-11-6-13(17-3)14(18-4)7-12(11)16/h6-7,10,15H,5,8-9H2,1-4H3. The SMILES string of the molecule is CCN1CC(C)CNc2cc(OC)c(OC)cc21. The first kappa shape index (κ1) is 12.9. The molecule has 1 aromatic rings. The van der Waals surface area contributed by atoms with Crippen LogP contribution in [0.5, 0.6) is 11.5 Å². The number of hydrogen-bond donors (Lipinski definition) is 1. The van der Waals surface area contributed by atoms with Crippen LogP contribution in [0.2, 0.25) is 0 Å². The molecule has 0 saturated carbocycles. The highest BCUT2D eigenvalue weighted by Gasteiger charge is 2.20. The highest BCUT2D eigenvalue weighted by molar-refractivity contribution is 5.76. The molecule has 0 radical (unpaired) electrons. The first-order valence-electron chi connectivity index (χ1n) is 6.44. The van der Waals surface area contributed by atoms with E-state index in [1.54, 1.807) is 14.2 Å². The lowest BCUT2D eigenvalue weighted by atomic mass is 10.1. The van der Waals surface area contributed by atoms with E-state index in [-0.39, 0.29) is 0 Å². The van der Waals surface area contributed by atoms with Crippen LogP contribution in [-0.4, -0.2) is 33.9 Å². The molecule has 2 rings (SSSR count). The van der Waals surface area contributed by atoms with Gasteiger partial charge < -0.3 is 19.7 Å². The first-order chi connectivity index (χ1) is 8.69. The number of fused-ring (bicyclic) bond motifs is 1. The molecule has 1 heterocycles. The molecule has 1 atom stereocenters. The van der Waals surface area contributed by atoms with Gasteiger partial charge in [0.05, 0.1) is 25.6 Å². The number of benzene rings is 1. The van der Waals surface area contributed by atoms with Crippen LogP contribution in [0.3, 0.4) is 0 Å². The summed E-state index contributed by atoms with van der Waals surface area (Å²) in [6, 6.07) is 4.08. The third-order valence-electron chi connectivity index (χ3n) is 3.40. The van der Waals surface area contributed by atoms with Crippen LogP contribution in [0.15, 0.2) is 12.1 Å². The van der Waals surface area contributed by atoms with E-state index in [0.29, 0.717) is 5.92 Å². The molecule has 1 unspecified atom stereocenters. The minimum atomic E-state index is 0.620. The Hall–Kier alpha value is -1.58. The quantitative estimate of drug-likeness (QED) is 0.894. The predicted octanol–water partition coefficient (Wildman–Crippen LogP) is 2.59. The maximum absolute atomic E-state index is 5.38.